The lowest BCUT2D eigenvalue weighted by atomic mass is 10.2. The van der Waals surface area contributed by atoms with E-state index in [1.54, 1.807) is 25.3 Å². The summed E-state index contributed by atoms with van der Waals surface area (Å²) in [7, 11) is 1.59. The molecule has 0 aromatic heterocycles. The van der Waals surface area contributed by atoms with Gasteiger partial charge < -0.3 is 15.8 Å². The molecule has 116 valence electrons. The van der Waals surface area contributed by atoms with Gasteiger partial charge >= 0.3 is 0 Å². The van der Waals surface area contributed by atoms with Crippen LogP contribution in [-0.2, 0) is 4.79 Å². The van der Waals surface area contributed by atoms with Crippen molar-refractivity contribution in [3.05, 3.63) is 18.2 Å². The van der Waals surface area contributed by atoms with Gasteiger partial charge in [0.15, 0.2) is 0 Å². The maximum absolute atomic E-state index is 12.1. The van der Waals surface area contributed by atoms with Gasteiger partial charge in [0.1, 0.15) is 5.75 Å². The molecule has 1 saturated heterocycles. The van der Waals surface area contributed by atoms with Crippen molar-refractivity contribution >= 4 is 29.0 Å². The number of rotatable bonds is 5. The molecule has 1 fully saturated rings. The van der Waals surface area contributed by atoms with E-state index < -0.39 is 0 Å². The van der Waals surface area contributed by atoms with Crippen LogP contribution in [-0.4, -0.2) is 48.6 Å². The third-order valence-electron chi connectivity index (χ3n) is 3.58. The third-order valence-corrected chi connectivity index (χ3v) is 4.95. The van der Waals surface area contributed by atoms with E-state index in [0.717, 1.165) is 25.3 Å². The molecule has 0 spiro atoms. The molecule has 2 rings (SSSR count). The van der Waals surface area contributed by atoms with Crippen molar-refractivity contribution < 1.29 is 9.53 Å². The average Bonchev–Trinajstić information content (AvgIpc) is 2.49. The number of nitrogen functional groups attached to an aromatic ring is 1. The third kappa shape index (κ3) is 4.54. The quantitative estimate of drug-likeness (QED) is 0.815. The Bertz CT molecular complexity index is 496. The maximum Gasteiger partial charge on any atom is 0.238 e. The fourth-order valence-electron chi connectivity index (χ4n) is 2.35. The van der Waals surface area contributed by atoms with Crippen LogP contribution in [0.5, 0.6) is 5.75 Å². The molecule has 1 aromatic carbocycles. The number of carbonyl (C=O) groups is 1. The molecule has 3 N–H and O–H groups in total. The molecule has 1 unspecified atom stereocenters. The summed E-state index contributed by atoms with van der Waals surface area (Å²) < 4.78 is 5.10. The number of nitrogens with zero attached hydrogens (tertiary/aromatic N) is 1. The first-order chi connectivity index (χ1) is 10.1. The van der Waals surface area contributed by atoms with Crippen LogP contribution >= 0.6 is 11.8 Å². The number of nitrogens with two attached hydrogens (primary N) is 1. The molecule has 0 saturated carbocycles. The van der Waals surface area contributed by atoms with Crippen molar-refractivity contribution in [2.75, 3.05) is 43.5 Å². The Labute approximate surface area is 130 Å². The fraction of sp³-hybridized carbons (Fsp3) is 0.533. The highest BCUT2D eigenvalue weighted by Crippen LogP contribution is 2.24. The van der Waals surface area contributed by atoms with Crippen LogP contribution in [0.15, 0.2) is 18.2 Å². The highest BCUT2D eigenvalue weighted by molar-refractivity contribution is 8.00. The number of nitrogens with one attached hydrogen (secondary N) is 1. The summed E-state index contributed by atoms with van der Waals surface area (Å²) in [5.41, 5.74) is 7.07. The van der Waals surface area contributed by atoms with E-state index in [4.69, 9.17) is 10.5 Å². The Morgan fingerprint density at radius 3 is 3.05 bits per heavy atom. The second-order valence-electron chi connectivity index (χ2n) is 5.14. The lowest BCUT2D eigenvalue weighted by Gasteiger charge is -2.31. The minimum absolute atomic E-state index is 0.0198. The first-order valence-electron chi connectivity index (χ1n) is 7.19. The Kier molecular flexibility index (Phi) is 5.76. The van der Waals surface area contributed by atoms with E-state index >= 15 is 0 Å². The molecule has 0 aliphatic carbocycles. The minimum Gasteiger partial charge on any atom is -0.497 e. The van der Waals surface area contributed by atoms with Gasteiger partial charge in [-0.1, -0.05) is 6.92 Å². The minimum atomic E-state index is -0.0198. The molecule has 1 aliphatic heterocycles. The van der Waals surface area contributed by atoms with Crippen LogP contribution < -0.4 is 15.8 Å². The van der Waals surface area contributed by atoms with Crippen LogP contribution in [0, 0.1) is 0 Å². The summed E-state index contributed by atoms with van der Waals surface area (Å²) in [5, 5.41) is 3.51. The number of benzene rings is 1. The molecular weight excluding hydrogens is 286 g/mol. The zero-order chi connectivity index (χ0) is 15.2. The summed E-state index contributed by atoms with van der Waals surface area (Å²) >= 11 is 2.00. The van der Waals surface area contributed by atoms with Crippen molar-refractivity contribution in [3.8, 4) is 5.75 Å². The van der Waals surface area contributed by atoms with E-state index in [-0.39, 0.29) is 5.91 Å². The normalized spacial score (nSPS) is 19.2. The molecule has 1 aromatic rings. The predicted molar refractivity (Wildman–Crippen MR) is 89.0 cm³/mol. The first-order valence-corrected chi connectivity index (χ1v) is 8.24. The van der Waals surface area contributed by atoms with E-state index in [2.05, 4.69) is 17.1 Å². The van der Waals surface area contributed by atoms with Crippen molar-refractivity contribution in [2.45, 2.75) is 18.6 Å². The predicted octanol–water partition coefficient (Wildman–Crippen LogP) is 2.04. The first kappa shape index (κ1) is 16.0. The standard InChI is InChI=1S/C15H23N3O2S/c1-3-12-9-18(6-7-21-12)10-15(19)17-14-5-4-11(20-2)8-13(14)16/h4-5,8,12H,3,6-7,9-10,16H2,1-2H3,(H,17,19). The van der Waals surface area contributed by atoms with Gasteiger partial charge in [0.2, 0.25) is 5.91 Å². The highest BCUT2D eigenvalue weighted by Gasteiger charge is 2.20. The fourth-order valence-corrected chi connectivity index (χ4v) is 3.59. The largest absolute Gasteiger partial charge is 0.497 e. The van der Waals surface area contributed by atoms with Crippen molar-refractivity contribution in [1.29, 1.82) is 0 Å². The summed E-state index contributed by atoms with van der Waals surface area (Å²) in [5.74, 6) is 1.76. The van der Waals surface area contributed by atoms with E-state index in [1.807, 2.05) is 11.8 Å². The van der Waals surface area contributed by atoms with Gasteiger partial charge in [-0.05, 0) is 18.6 Å². The number of hydrogen-bond donors (Lipinski definition) is 2. The zero-order valence-corrected chi connectivity index (χ0v) is 13.4. The number of methoxy groups -OCH3 is 1. The second-order valence-corrected chi connectivity index (χ2v) is 6.55. The van der Waals surface area contributed by atoms with Crippen molar-refractivity contribution in [2.24, 2.45) is 0 Å². The summed E-state index contributed by atoms with van der Waals surface area (Å²) in [6, 6.07) is 5.27. The van der Waals surface area contributed by atoms with Gasteiger partial charge in [0, 0.05) is 30.2 Å². The SMILES string of the molecule is CCC1CN(CC(=O)Nc2ccc(OC)cc2N)CCS1. The van der Waals surface area contributed by atoms with Gasteiger partial charge in [0.05, 0.1) is 25.0 Å². The van der Waals surface area contributed by atoms with Crippen LogP contribution in [0.4, 0.5) is 11.4 Å². The molecule has 21 heavy (non-hydrogen) atoms. The summed E-state index contributed by atoms with van der Waals surface area (Å²) in [4.78, 5) is 14.3. The molecule has 1 heterocycles. The zero-order valence-electron chi connectivity index (χ0n) is 12.6. The van der Waals surface area contributed by atoms with Gasteiger partial charge in [-0.3, -0.25) is 9.69 Å². The van der Waals surface area contributed by atoms with E-state index in [1.165, 1.54) is 0 Å². The van der Waals surface area contributed by atoms with Crippen LogP contribution in [0.1, 0.15) is 13.3 Å². The van der Waals surface area contributed by atoms with Gasteiger partial charge in [-0.2, -0.15) is 11.8 Å². The van der Waals surface area contributed by atoms with Gasteiger partial charge in [0.25, 0.3) is 0 Å². The molecule has 6 heteroatoms. The topological polar surface area (TPSA) is 67.6 Å². The Morgan fingerprint density at radius 1 is 1.57 bits per heavy atom. The lowest BCUT2D eigenvalue weighted by molar-refractivity contribution is -0.117. The van der Waals surface area contributed by atoms with Gasteiger partial charge in [-0.25, -0.2) is 0 Å². The Hall–Kier alpha value is -1.40. The summed E-state index contributed by atoms with van der Waals surface area (Å²) in [6.45, 7) is 4.56. The molecule has 1 amide bonds. The average molecular weight is 309 g/mol. The smallest absolute Gasteiger partial charge is 0.238 e. The second kappa shape index (κ2) is 7.56. The van der Waals surface area contributed by atoms with Crippen molar-refractivity contribution in [3.63, 3.8) is 0 Å². The number of thioether (sulfide) groups is 1. The lowest BCUT2D eigenvalue weighted by Crippen LogP contribution is -2.42. The highest BCUT2D eigenvalue weighted by atomic mass is 32.2. The van der Waals surface area contributed by atoms with Crippen LogP contribution in [0.3, 0.4) is 0 Å². The number of ether oxygens (including phenoxy) is 1. The molecule has 5 nitrogen and oxygen atoms in total. The Morgan fingerprint density at radius 2 is 2.38 bits per heavy atom. The number of carbonyl (C=O) groups excluding carboxylic acids is 1. The molecule has 1 aliphatic rings. The molecule has 0 radical (unpaired) electrons. The monoisotopic (exact) mass is 309 g/mol. The van der Waals surface area contributed by atoms with E-state index in [0.29, 0.717) is 28.9 Å². The van der Waals surface area contributed by atoms with Crippen LogP contribution in [0.25, 0.3) is 0 Å². The molecule has 0 bridgehead atoms. The Balaban J connectivity index is 1.89. The van der Waals surface area contributed by atoms with Crippen molar-refractivity contribution in [1.82, 2.24) is 4.90 Å². The van der Waals surface area contributed by atoms with Crippen LogP contribution in [0.2, 0.25) is 0 Å². The molecular formula is C15H23N3O2S. The number of hydrogen-bond acceptors (Lipinski definition) is 5. The van der Waals surface area contributed by atoms with E-state index in [9.17, 15) is 4.79 Å². The molecule has 1 atom stereocenters. The number of anilines is 2. The maximum atomic E-state index is 12.1. The summed E-state index contributed by atoms with van der Waals surface area (Å²) in [6.07, 6.45) is 1.15. The number of amides is 1. The van der Waals surface area contributed by atoms with Gasteiger partial charge in [-0.15, -0.1) is 0 Å².